The van der Waals surface area contributed by atoms with Gasteiger partial charge in [-0.25, -0.2) is 9.07 Å². The molecule has 1 aliphatic heterocycles. The standard InChI is InChI=1S/C21H17FN6O/c1-27-21-19(20(26-27)13-4-2-7-23-12-13)16(11-18(29)25-21)15-10-14(22)5-6-17(15)28-9-3-8-24-28/h2-10,12,16H,11H2,1H3,(H,25,29). The lowest BCUT2D eigenvalue weighted by molar-refractivity contribution is -0.116. The first-order valence-electron chi connectivity index (χ1n) is 9.18. The molecule has 1 aromatic carbocycles. The van der Waals surface area contributed by atoms with Crippen LogP contribution in [0, 0.1) is 5.82 Å². The van der Waals surface area contributed by atoms with Gasteiger partial charge in [0.15, 0.2) is 0 Å². The maximum Gasteiger partial charge on any atom is 0.226 e. The van der Waals surface area contributed by atoms with Crippen LogP contribution in [0.2, 0.25) is 0 Å². The Labute approximate surface area is 165 Å². The number of amides is 1. The summed E-state index contributed by atoms with van der Waals surface area (Å²) in [6, 6.07) is 10.1. The fourth-order valence-electron chi connectivity index (χ4n) is 3.90. The van der Waals surface area contributed by atoms with Gasteiger partial charge in [0.25, 0.3) is 0 Å². The molecule has 0 fully saturated rings. The maximum atomic E-state index is 14.3. The van der Waals surface area contributed by atoms with Crippen LogP contribution in [-0.2, 0) is 11.8 Å². The van der Waals surface area contributed by atoms with Crippen molar-refractivity contribution in [1.82, 2.24) is 24.5 Å². The summed E-state index contributed by atoms with van der Waals surface area (Å²) in [5, 5.41) is 11.8. The molecular formula is C21H17FN6O. The molecule has 4 aromatic rings. The molecule has 3 aromatic heterocycles. The van der Waals surface area contributed by atoms with Crippen LogP contribution in [0.3, 0.4) is 0 Å². The quantitative estimate of drug-likeness (QED) is 0.584. The molecule has 0 saturated carbocycles. The van der Waals surface area contributed by atoms with Crippen molar-refractivity contribution in [3.63, 3.8) is 0 Å². The van der Waals surface area contributed by atoms with Gasteiger partial charge in [0, 0.05) is 55.3 Å². The SMILES string of the molecule is Cn1nc(-c2cccnc2)c2c1NC(=O)CC2c1cc(F)ccc1-n1cccn1. The Morgan fingerprint density at radius 2 is 2.10 bits per heavy atom. The topological polar surface area (TPSA) is 77.6 Å². The lowest BCUT2D eigenvalue weighted by atomic mass is 9.83. The smallest absolute Gasteiger partial charge is 0.226 e. The van der Waals surface area contributed by atoms with Crippen molar-refractivity contribution in [2.75, 3.05) is 5.32 Å². The van der Waals surface area contributed by atoms with Gasteiger partial charge < -0.3 is 5.32 Å². The van der Waals surface area contributed by atoms with E-state index in [4.69, 9.17) is 0 Å². The third-order valence-electron chi connectivity index (χ3n) is 5.13. The van der Waals surface area contributed by atoms with E-state index in [2.05, 4.69) is 20.5 Å². The van der Waals surface area contributed by atoms with E-state index >= 15 is 0 Å². The maximum absolute atomic E-state index is 14.3. The molecule has 0 saturated heterocycles. The van der Waals surface area contributed by atoms with Gasteiger partial charge in [0.05, 0.1) is 11.4 Å². The number of hydrogen-bond donors (Lipinski definition) is 1. The summed E-state index contributed by atoms with van der Waals surface area (Å²) in [5.74, 6) is -0.271. The Kier molecular flexibility index (Phi) is 3.97. The first kappa shape index (κ1) is 17.3. The van der Waals surface area contributed by atoms with E-state index in [9.17, 15) is 9.18 Å². The number of halogens is 1. The molecule has 0 spiro atoms. The lowest BCUT2D eigenvalue weighted by Crippen LogP contribution is -2.25. The summed E-state index contributed by atoms with van der Waals surface area (Å²) in [5.41, 5.74) is 3.81. The minimum atomic E-state index is -0.377. The molecule has 1 unspecified atom stereocenters. The molecule has 1 atom stereocenters. The number of aromatic nitrogens is 5. The highest BCUT2D eigenvalue weighted by Crippen LogP contribution is 2.44. The molecule has 7 nitrogen and oxygen atoms in total. The molecule has 144 valence electrons. The number of pyridine rings is 1. The predicted octanol–water partition coefficient (Wildman–Crippen LogP) is 3.28. The van der Waals surface area contributed by atoms with Crippen molar-refractivity contribution in [3.8, 4) is 16.9 Å². The fourth-order valence-corrected chi connectivity index (χ4v) is 3.90. The predicted molar refractivity (Wildman–Crippen MR) is 105 cm³/mol. The third-order valence-corrected chi connectivity index (χ3v) is 5.13. The van der Waals surface area contributed by atoms with Gasteiger partial charge >= 0.3 is 0 Å². The second kappa shape index (κ2) is 6.66. The second-order valence-electron chi connectivity index (χ2n) is 6.93. The van der Waals surface area contributed by atoms with E-state index in [1.807, 2.05) is 12.1 Å². The summed E-state index contributed by atoms with van der Waals surface area (Å²) >= 11 is 0. The van der Waals surface area contributed by atoms with Crippen molar-refractivity contribution in [2.24, 2.45) is 7.05 Å². The minimum absolute atomic E-state index is 0.140. The Bertz CT molecular complexity index is 1200. The second-order valence-corrected chi connectivity index (χ2v) is 6.93. The van der Waals surface area contributed by atoms with Crippen molar-refractivity contribution < 1.29 is 9.18 Å². The van der Waals surface area contributed by atoms with E-state index in [1.54, 1.807) is 53.3 Å². The number of hydrogen-bond acceptors (Lipinski definition) is 4. The highest BCUT2D eigenvalue weighted by Gasteiger charge is 2.35. The molecule has 1 amide bonds. The summed E-state index contributed by atoms with van der Waals surface area (Å²) in [6.45, 7) is 0. The first-order chi connectivity index (χ1) is 14.1. The Balaban J connectivity index is 1.76. The monoisotopic (exact) mass is 388 g/mol. The van der Waals surface area contributed by atoms with Crippen LogP contribution >= 0.6 is 0 Å². The van der Waals surface area contributed by atoms with Crippen molar-refractivity contribution >= 4 is 11.7 Å². The summed E-state index contributed by atoms with van der Waals surface area (Å²) in [7, 11) is 1.78. The number of nitrogens with zero attached hydrogens (tertiary/aromatic N) is 5. The third kappa shape index (κ3) is 2.89. The largest absolute Gasteiger partial charge is 0.311 e. The summed E-state index contributed by atoms with van der Waals surface area (Å²) in [4.78, 5) is 16.7. The van der Waals surface area contributed by atoms with Gasteiger partial charge in [0.1, 0.15) is 11.6 Å². The van der Waals surface area contributed by atoms with Crippen molar-refractivity contribution in [2.45, 2.75) is 12.3 Å². The molecule has 1 aliphatic rings. The number of carbonyl (C=O) groups excluding carboxylic acids is 1. The van der Waals surface area contributed by atoms with Gasteiger partial charge in [-0.3, -0.25) is 14.5 Å². The Hall–Kier alpha value is -3.81. The molecule has 5 rings (SSSR count). The number of nitrogens with one attached hydrogen (secondary N) is 1. The van der Waals surface area contributed by atoms with Crippen LogP contribution in [0.1, 0.15) is 23.5 Å². The molecule has 29 heavy (non-hydrogen) atoms. The summed E-state index contributed by atoms with van der Waals surface area (Å²) < 4.78 is 17.6. The van der Waals surface area contributed by atoms with E-state index < -0.39 is 0 Å². The molecule has 1 N–H and O–H groups in total. The molecule has 0 bridgehead atoms. The minimum Gasteiger partial charge on any atom is -0.311 e. The van der Waals surface area contributed by atoms with Crippen LogP contribution in [0.4, 0.5) is 10.2 Å². The zero-order chi connectivity index (χ0) is 20.0. The first-order valence-corrected chi connectivity index (χ1v) is 9.18. The average Bonchev–Trinajstić information content (AvgIpc) is 3.37. The number of benzene rings is 1. The number of fused-ring (bicyclic) bond motifs is 1. The Morgan fingerprint density at radius 3 is 2.86 bits per heavy atom. The summed E-state index contributed by atoms with van der Waals surface area (Å²) in [6.07, 6.45) is 7.07. The number of aryl methyl sites for hydroxylation is 1. The number of carbonyl (C=O) groups is 1. The van der Waals surface area contributed by atoms with Gasteiger partial charge in [-0.2, -0.15) is 10.2 Å². The normalized spacial score (nSPS) is 15.8. The van der Waals surface area contributed by atoms with E-state index in [-0.39, 0.29) is 24.1 Å². The molecule has 4 heterocycles. The number of rotatable bonds is 3. The van der Waals surface area contributed by atoms with Crippen LogP contribution in [-0.4, -0.2) is 30.5 Å². The van der Waals surface area contributed by atoms with Crippen molar-refractivity contribution in [3.05, 3.63) is 78.1 Å². The van der Waals surface area contributed by atoms with Crippen LogP contribution in [0.15, 0.2) is 61.2 Å². The zero-order valence-electron chi connectivity index (χ0n) is 15.6. The Morgan fingerprint density at radius 1 is 1.21 bits per heavy atom. The van der Waals surface area contributed by atoms with Crippen LogP contribution < -0.4 is 5.32 Å². The zero-order valence-corrected chi connectivity index (χ0v) is 15.6. The molecule has 0 radical (unpaired) electrons. The van der Waals surface area contributed by atoms with Crippen molar-refractivity contribution in [1.29, 1.82) is 0 Å². The van der Waals surface area contributed by atoms with E-state index in [0.717, 1.165) is 22.5 Å². The molecule has 8 heteroatoms. The van der Waals surface area contributed by atoms with Gasteiger partial charge in [-0.15, -0.1) is 0 Å². The van der Waals surface area contributed by atoms with Crippen LogP contribution in [0.5, 0.6) is 0 Å². The average molecular weight is 388 g/mol. The molecule has 0 aliphatic carbocycles. The lowest BCUT2D eigenvalue weighted by Gasteiger charge is -2.26. The van der Waals surface area contributed by atoms with Gasteiger partial charge in [-0.1, -0.05) is 0 Å². The van der Waals surface area contributed by atoms with E-state index in [1.165, 1.54) is 12.1 Å². The molecular weight excluding hydrogens is 371 g/mol. The van der Waals surface area contributed by atoms with Gasteiger partial charge in [0.2, 0.25) is 5.91 Å². The van der Waals surface area contributed by atoms with E-state index in [0.29, 0.717) is 11.4 Å². The number of anilines is 1. The highest BCUT2D eigenvalue weighted by molar-refractivity contribution is 5.96. The fraction of sp³-hybridized carbons (Fsp3) is 0.143. The van der Waals surface area contributed by atoms with Crippen LogP contribution in [0.25, 0.3) is 16.9 Å². The van der Waals surface area contributed by atoms with Gasteiger partial charge in [-0.05, 0) is 42.0 Å². The highest BCUT2D eigenvalue weighted by atomic mass is 19.1.